The van der Waals surface area contributed by atoms with Crippen LogP contribution in [0.5, 0.6) is 0 Å². The van der Waals surface area contributed by atoms with Crippen molar-refractivity contribution in [3.8, 4) is 0 Å². The van der Waals surface area contributed by atoms with Crippen molar-refractivity contribution in [1.82, 2.24) is 5.32 Å². The van der Waals surface area contributed by atoms with Gasteiger partial charge in [-0.15, -0.1) is 0 Å². The van der Waals surface area contributed by atoms with Gasteiger partial charge in [-0.3, -0.25) is 4.79 Å². The van der Waals surface area contributed by atoms with Crippen LogP contribution in [0.1, 0.15) is 26.2 Å². The van der Waals surface area contributed by atoms with Crippen molar-refractivity contribution in [2.24, 2.45) is 0 Å². The molecule has 1 amide bonds. The van der Waals surface area contributed by atoms with Crippen molar-refractivity contribution in [2.75, 3.05) is 12.4 Å². The van der Waals surface area contributed by atoms with Crippen LogP contribution in [-0.4, -0.2) is 29.4 Å². The third-order valence-corrected chi connectivity index (χ3v) is 1.92. The van der Waals surface area contributed by atoms with Crippen LogP contribution in [0, 0.1) is 0 Å². The number of rotatable bonds is 6. The van der Waals surface area contributed by atoms with Crippen molar-refractivity contribution >= 4 is 18.5 Å². The first-order valence-electron chi connectivity index (χ1n) is 4.25. The Labute approximate surface area is 79.0 Å². The molecule has 0 rings (SSSR count). The average molecular weight is 191 g/mol. The fourth-order valence-electron chi connectivity index (χ4n) is 0.933. The monoisotopic (exact) mass is 191 g/mol. The molecule has 0 aromatic heterocycles. The summed E-state index contributed by atoms with van der Waals surface area (Å²) in [6.45, 7) is 2.09. The van der Waals surface area contributed by atoms with E-state index in [0.29, 0.717) is 0 Å². The molecule has 72 valence electrons. The van der Waals surface area contributed by atoms with Gasteiger partial charge in [0.15, 0.2) is 0 Å². The topological polar surface area (TPSA) is 49.3 Å². The van der Waals surface area contributed by atoms with E-state index in [-0.39, 0.29) is 24.3 Å². The molecule has 4 heteroatoms. The van der Waals surface area contributed by atoms with E-state index in [1.54, 1.807) is 0 Å². The number of thiol groups is 1. The molecule has 12 heavy (non-hydrogen) atoms. The van der Waals surface area contributed by atoms with E-state index in [1.165, 1.54) is 0 Å². The van der Waals surface area contributed by atoms with Crippen LogP contribution in [0.2, 0.25) is 0 Å². The highest BCUT2D eigenvalue weighted by molar-refractivity contribution is 7.81. The molecule has 1 unspecified atom stereocenters. The normalized spacial score (nSPS) is 12.6. The highest BCUT2D eigenvalue weighted by Gasteiger charge is 2.08. The molecule has 0 aliphatic carbocycles. The van der Waals surface area contributed by atoms with Gasteiger partial charge in [0.2, 0.25) is 5.91 Å². The Kier molecular flexibility index (Phi) is 7.29. The van der Waals surface area contributed by atoms with Gasteiger partial charge in [0.05, 0.1) is 18.4 Å². The third kappa shape index (κ3) is 5.43. The third-order valence-electron chi connectivity index (χ3n) is 1.64. The van der Waals surface area contributed by atoms with Crippen molar-refractivity contribution in [3.05, 3.63) is 0 Å². The zero-order valence-electron chi connectivity index (χ0n) is 7.42. The van der Waals surface area contributed by atoms with Gasteiger partial charge < -0.3 is 10.4 Å². The minimum Gasteiger partial charge on any atom is -0.394 e. The number of carbonyl (C=O) groups excluding carboxylic acids is 1. The summed E-state index contributed by atoms with van der Waals surface area (Å²) in [6, 6.07) is -0.0930. The number of aliphatic hydroxyl groups is 1. The Bertz CT molecular complexity index is 130. The fraction of sp³-hybridized carbons (Fsp3) is 0.875. The van der Waals surface area contributed by atoms with Crippen LogP contribution in [0.3, 0.4) is 0 Å². The lowest BCUT2D eigenvalue weighted by atomic mass is 10.1. The number of carbonyl (C=O) groups is 1. The van der Waals surface area contributed by atoms with E-state index in [1.807, 2.05) is 0 Å². The molecule has 0 saturated heterocycles. The van der Waals surface area contributed by atoms with Crippen molar-refractivity contribution in [1.29, 1.82) is 0 Å². The molecule has 0 bridgehead atoms. The summed E-state index contributed by atoms with van der Waals surface area (Å²) in [5.74, 6) is 0.0660. The minimum absolute atomic E-state index is 0.0134. The molecule has 3 nitrogen and oxygen atoms in total. The largest absolute Gasteiger partial charge is 0.394 e. The lowest BCUT2D eigenvalue weighted by molar-refractivity contribution is -0.119. The lowest BCUT2D eigenvalue weighted by Gasteiger charge is -2.14. The van der Waals surface area contributed by atoms with Gasteiger partial charge in [-0.2, -0.15) is 12.6 Å². The molecule has 1 atom stereocenters. The van der Waals surface area contributed by atoms with E-state index >= 15 is 0 Å². The van der Waals surface area contributed by atoms with Crippen molar-refractivity contribution < 1.29 is 9.90 Å². The number of hydrogen-bond acceptors (Lipinski definition) is 3. The summed E-state index contributed by atoms with van der Waals surface area (Å²) >= 11 is 3.83. The van der Waals surface area contributed by atoms with E-state index in [4.69, 9.17) is 5.11 Å². The van der Waals surface area contributed by atoms with Gasteiger partial charge in [-0.25, -0.2) is 0 Å². The maximum atomic E-state index is 10.8. The number of unbranched alkanes of at least 4 members (excludes halogenated alkanes) is 1. The highest BCUT2D eigenvalue weighted by atomic mass is 32.1. The Morgan fingerprint density at radius 1 is 1.67 bits per heavy atom. The Hall–Kier alpha value is -0.220. The molecule has 0 aliphatic rings. The first kappa shape index (κ1) is 11.8. The molecule has 0 heterocycles. The fourth-order valence-corrected chi connectivity index (χ4v) is 1.02. The maximum absolute atomic E-state index is 10.8. The Balaban J connectivity index is 3.59. The van der Waals surface area contributed by atoms with Crippen LogP contribution in [-0.2, 0) is 4.79 Å². The molecule has 0 aromatic carbocycles. The summed E-state index contributed by atoms with van der Waals surface area (Å²) in [5.41, 5.74) is 0. The quantitative estimate of drug-likeness (QED) is 0.538. The number of amides is 1. The van der Waals surface area contributed by atoms with Crippen LogP contribution in [0.15, 0.2) is 0 Å². The molecule has 0 radical (unpaired) electrons. The van der Waals surface area contributed by atoms with Gasteiger partial charge in [0.25, 0.3) is 0 Å². The first-order valence-corrected chi connectivity index (χ1v) is 4.88. The van der Waals surface area contributed by atoms with E-state index in [2.05, 4.69) is 24.9 Å². The molecule has 2 N–H and O–H groups in total. The Morgan fingerprint density at radius 2 is 2.33 bits per heavy atom. The van der Waals surface area contributed by atoms with Crippen LogP contribution in [0.4, 0.5) is 0 Å². The van der Waals surface area contributed by atoms with Crippen LogP contribution in [0.25, 0.3) is 0 Å². The molecule has 0 aromatic rings. The molecule has 0 spiro atoms. The van der Waals surface area contributed by atoms with E-state index < -0.39 is 0 Å². The summed E-state index contributed by atoms with van der Waals surface area (Å²) in [6.07, 6.45) is 2.94. The van der Waals surface area contributed by atoms with Gasteiger partial charge >= 0.3 is 0 Å². The van der Waals surface area contributed by atoms with E-state index in [9.17, 15) is 4.79 Å². The summed E-state index contributed by atoms with van der Waals surface area (Å²) in [7, 11) is 0. The summed E-state index contributed by atoms with van der Waals surface area (Å²) < 4.78 is 0. The first-order chi connectivity index (χ1) is 5.74. The van der Waals surface area contributed by atoms with Gasteiger partial charge in [-0.1, -0.05) is 19.8 Å². The van der Waals surface area contributed by atoms with E-state index in [0.717, 1.165) is 19.3 Å². The predicted molar refractivity (Wildman–Crippen MR) is 52.4 cm³/mol. The average Bonchev–Trinajstić information content (AvgIpc) is 2.11. The number of nitrogens with one attached hydrogen (secondary N) is 1. The van der Waals surface area contributed by atoms with Crippen LogP contribution < -0.4 is 5.32 Å². The Morgan fingerprint density at radius 3 is 2.75 bits per heavy atom. The van der Waals surface area contributed by atoms with Gasteiger partial charge in [0.1, 0.15) is 0 Å². The van der Waals surface area contributed by atoms with Gasteiger partial charge in [-0.05, 0) is 6.42 Å². The second kappa shape index (κ2) is 7.43. The SMILES string of the molecule is CCCCC(CO)NC(=O)CS. The second-order valence-corrected chi connectivity index (χ2v) is 3.06. The molecule has 0 aliphatic heterocycles. The molecular formula is C8H17NO2S. The number of aliphatic hydroxyl groups excluding tert-OH is 1. The smallest absolute Gasteiger partial charge is 0.230 e. The zero-order valence-corrected chi connectivity index (χ0v) is 8.31. The predicted octanol–water partition coefficient (Wildman–Crippen LogP) is 0.583. The minimum atomic E-state index is -0.117. The summed E-state index contributed by atoms with van der Waals surface area (Å²) in [5, 5.41) is 11.5. The van der Waals surface area contributed by atoms with Crippen molar-refractivity contribution in [3.63, 3.8) is 0 Å². The number of hydrogen-bond donors (Lipinski definition) is 3. The lowest BCUT2D eigenvalue weighted by Crippen LogP contribution is -2.38. The highest BCUT2D eigenvalue weighted by Crippen LogP contribution is 1.99. The van der Waals surface area contributed by atoms with Crippen LogP contribution >= 0.6 is 12.6 Å². The maximum Gasteiger partial charge on any atom is 0.230 e. The van der Waals surface area contributed by atoms with Crippen molar-refractivity contribution in [2.45, 2.75) is 32.2 Å². The standard InChI is InChI=1S/C8H17NO2S/c1-2-3-4-7(5-10)9-8(11)6-12/h7,10,12H,2-6H2,1H3,(H,9,11). The molecular weight excluding hydrogens is 174 g/mol. The van der Waals surface area contributed by atoms with Gasteiger partial charge in [0, 0.05) is 0 Å². The molecule has 0 fully saturated rings. The summed E-state index contributed by atoms with van der Waals surface area (Å²) in [4.78, 5) is 10.8. The second-order valence-electron chi connectivity index (χ2n) is 2.75. The molecule has 0 saturated carbocycles. The zero-order chi connectivity index (χ0) is 9.40.